The van der Waals surface area contributed by atoms with Gasteiger partial charge in [-0.15, -0.1) is 0 Å². The van der Waals surface area contributed by atoms with Gasteiger partial charge in [0, 0.05) is 0 Å². The van der Waals surface area contributed by atoms with Crippen LogP contribution in [-0.2, 0) is 16.9 Å². The van der Waals surface area contributed by atoms with Crippen molar-refractivity contribution in [2.24, 2.45) is 0 Å². The molecule has 1 unspecified atom stereocenters. The lowest BCUT2D eigenvalue weighted by Crippen LogP contribution is -2.40. The highest BCUT2D eigenvalue weighted by Gasteiger charge is 2.48. The Labute approximate surface area is 119 Å². The first-order valence-corrected chi connectivity index (χ1v) is 7.05. The maximum Gasteiger partial charge on any atom is 0.325 e. The Kier molecular flexibility index (Phi) is 3.01. The molecule has 2 aromatic heterocycles. The second-order valence-corrected chi connectivity index (χ2v) is 5.46. The summed E-state index contributed by atoms with van der Waals surface area (Å²) >= 11 is 1.50. The van der Waals surface area contributed by atoms with Gasteiger partial charge in [-0.2, -0.15) is 16.4 Å². The predicted octanol–water partition coefficient (Wildman–Crippen LogP) is 0.807. The van der Waals surface area contributed by atoms with Crippen LogP contribution in [-0.4, -0.2) is 38.1 Å². The molecule has 1 atom stereocenters. The molecule has 1 saturated heterocycles. The van der Waals surface area contributed by atoms with Gasteiger partial charge in [0.2, 0.25) is 0 Å². The van der Waals surface area contributed by atoms with Gasteiger partial charge in [-0.3, -0.25) is 14.4 Å². The fourth-order valence-corrected chi connectivity index (χ4v) is 2.96. The van der Waals surface area contributed by atoms with Crippen molar-refractivity contribution in [1.82, 2.24) is 25.0 Å². The maximum atomic E-state index is 12.5. The zero-order valence-electron chi connectivity index (χ0n) is 10.8. The Balaban J connectivity index is 1.77. The maximum absolute atomic E-state index is 12.5. The summed E-state index contributed by atoms with van der Waals surface area (Å²) in [4.78, 5) is 29.6. The van der Waals surface area contributed by atoms with Gasteiger partial charge in [0.15, 0.2) is 0 Å². The molecule has 3 rings (SSSR count). The van der Waals surface area contributed by atoms with Gasteiger partial charge in [-0.25, -0.2) is 9.78 Å². The van der Waals surface area contributed by atoms with Gasteiger partial charge in [-0.05, 0) is 29.3 Å². The zero-order chi connectivity index (χ0) is 14.2. The molecule has 1 aliphatic rings. The molecule has 0 aromatic carbocycles. The van der Waals surface area contributed by atoms with Gasteiger partial charge in [-0.1, -0.05) is 0 Å². The van der Waals surface area contributed by atoms with Crippen molar-refractivity contribution in [1.29, 1.82) is 0 Å². The number of hydrogen-bond acceptors (Lipinski definition) is 5. The monoisotopic (exact) mass is 291 g/mol. The quantitative estimate of drug-likeness (QED) is 0.845. The number of hydrogen-bond donors (Lipinski definition) is 1. The Morgan fingerprint density at radius 1 is 1.40 bits per heavy atom. The van der Waals surface area contributed by atoms with E-state index in [0.717, 1.165) is 5.56 Å². The number of nitrogens with one attached hydrogen (secondary N) is 1. The van der Waals surface area contributed by atoms with Crippen molar-refractivity contribution in [2.45, 2.75) is 19.0 Å². The number of rotatable bonds is 4. The second kappa shape index (κ2) is 4.71. The standard InChI is InChI=1S/C12H13N5O2S/c1-12(9-2-5-20-6-9)10(18)17(11(19)15-12)4-3-16-8-13-7-14-16/h2,5-8H,3-4H2,1H3,(H,15,19). The number of imide groups is 1. The third-order valence-corrected chi connectivity index (χ3v) is 4.08. The molecule has 0 bridgehead atoms. The van der Waals surface area contributed by atoms with Crippen LogP contribution in [0.2, 0.25) is 0 Å². The summed E-state index contributed by atoms with van der Waals surface area (Å²) in [5, 5.41) is 10.5. The highest BCUT2D eigenvalue weighted by molar-refractivity contribution is 7.08. The van der Waals surface area contributed by atoms with Crippen molar-refractivity contribution >= 4 is 23.3 Å². The van der Waals surface area contributed by atoms with Crippen LogP contribution in [0.1, 0.15) is 12.5 Å². The van der Waals surface area contributed by atoms with Gasteiger partial charge >= 0.3 is 6.03 Å². The van der Waals surface area contributed by atoms with E-state index in [9.17, 15) is 9.59 Å². The molecular weight excluding hydrogens is 278 g/mol. The van der Waals surface area contributed by atoms with Crippen LogP contribution >= 0.6 is 11.3 Å². The molecule has 0 aliphatic carbocycles. The van der Waals surface area contributed by atoms with Crippen LogP contribution in [0.5, 0.6) is 0 Å². The van der Waals surface area contributed by atoms with E-state index in [2.05, 4.69) is 15.4 Å². The lowest BCUT2D eigenvalue weighted by Gasteiger charge is -2.20. The first kappa shape index (κ1) is 12.8. The highest BCUT2D eigenvalue weighted by Crippen LogP contribution is 2.30. The van der Waals surface area contributed by atoms with E-state index in [-0.39, 0.29) is 18.5 Å². The van der Waals surface area contributed by atoms with Crippen LogP contribution in [0.3, 0.4) is 0 Å². The van der Waals surface area contributed by atoms with Crippen LogP contribution in [0.25, 0.3) is 0 Å². The van der Waals surface area contributed by atoms with Crippen LogP contribution in [0, 0.1) is 0 Å². The summed E-state index contributed by atoms with van der Waals surface area (Å²) in [5.74, 6) is -0.235. The average Bonchev–Trinajstić information content (AvgIpc) is 3.13. The molecular formula is C12H13N5O2S. The lowest BCUT2D eigenvalue weighted by molar-refractivity contribution is -0.131. The smallest absolute Gasteiger partial charge is 0.319 e. The molecule has 0 saturated carbocycles. The van der Waals surface area contributed by atoms with E-state index >= 15 is 0 Å². The summed E-state index contributed by atoms with van der Waals surface area (Å²) in [6.07, 6.45) is 2.97. The minimum absolute atomic E-state index is 0.235. The Bertz CT molecular complexity index is 624. The largest absolute Gasteiger partial charge is 0.325 e. The lowest BCUT2D eigenvalue weighted by atomic mass is 9.95. The van der Waals surface area contributed by atoms with Crippen molar-refractivity contribution in [3.05, 3.63) is 35.0 Å². The van der Waals surface area contributed by atoms with Crippen LogP contribution in [0.15, 0.2) is 29.5 Å². The zero-order valence-corrected chi connectivity index (χ0v) is 11.6. The molecule has 1 fully saturated rings. The van der Waals surface area contributed by atoms with Crippen molar-refractivity contribution in [2.75, 3.05) is 6.54 Å². The average molecular weight is 291 g/mol. The Morgan fingerprint density at radius 2 is 2.25 bits per heavy atom. The highest BCUT2D eigenvalue weighted by atomic mass is 32.1. The van der Waals surface area contributed by atoms with Gasteiger partial charge in [0.05, 0.1) is 13.1 Å². The Morgan fingerprint density at radius 3 is 2.90 bits per heavy atom. The summed E-state index contributed by atoms with van der Waals surface area (Å²) < 4.78 is 1.58. The Hall–Kier alpha value is -2.22. The van der Waals surface area contributed by atoms with E-state index in [1.54, 1.807) is 17.9 Å². The molecule has 2 aromatic rings. The molecule has 3 heterocycles. The third kappa shape index (κ3) is 1.97. The third-order valence-electron chi connectivity index (χ3n) is 3.39. The van der Waals surface area contributed by atoms with Gasteiger partial charge < -0.3 is 5.32 Å². The predicted molar refractivity (Wildman–Crippen MR) is 71.9 cm³/mol. The van der Waals surface area contributed by atoms with Gasteiger partial charge in [0.1, 0.15) is 18.2 Å². The van der Waals surface area contributed by atoms with Crippen LogP contribution < -0.4 is 5.32 Å². The molecule has 1 N–H and O–H groups in total. The molecule has 7 nitrogen and oxygen atoms in total. The molecule has 0 spiro atoms. The minimum Gasteiger partial charge on any atom is -0.319 e. The number of thiophene rings is 1. The molecule has 1 aliphatic heterocycles. The summed E-state index contributed by atoms with van der Waals surface area (Å²) in [7, 11) is 0. The SMILES string of the molecule is CC1(c2ccsc2)NC(=O)N(CCn2cncn2)C1=O. The van der Waals surface area contributed by atoms with E-state index < -0.39 is 5.54 Å². The fraction of sp³-hybridized carbons (Fsp3) is 0.333. The first-order chi connectivity index (χ1) is 9.61. The molecule has 104 valence electrons. The van der Waals surface area contributed by atoms with Crippen molar-refractivity contribution < 1.29 is 9.59 Å². The number of aromatic nitrogens is 3. The van der Waals surface area contributed by atoms with Crippen molar-refractivity contribution in [3.63, 3.8) is 0 Å². The summed E-state index contributed by atoms with van der Waals surface area (Å²) in [5.41, 5.74) is -0.163. The molecule has 0 radical (unpaired) electrons. The number of urea groups is 1. The van der Waals surface area contributed by atoms with Crippen molar-refractivity contribution in [3.8, 4) is 0 Å². The summed E-state index contributed by atoms with van der Waals surface area (Å²) in [6, 6.07) is 1.48. The normalized spacial score (nSPS) is 22.4. The molecule has 20 heavy (non-hydrogen) atoms. The summed E-state index contributed by atoms with van der Waals surface area (Å²) in [6.45, 7) is 2.43. The number of nitrogens with zero attached hydrogens (tertiary/aromatic N) is 4. The van der Waals surface area contributed by atoms with E-state index in [1.165, 1.54) is 22.6 Å². The van der Waals surface area contributed by atoms with E-state index in [1.807, 2.05) is 16.8 Å². The topological polar surface area (TPSA) is 80.1 Å². The number of amides is 3. The minimum atomic E-state index is -0.973. The number of carbonyl (C=O) groups excluding carboxylic acids is 2. The first-order valence-electron chi connectivity index (χ1n) is 6.10. The van der Waals surface area contributed by atoms with E-state index in [4.69, 9.17) is 0 Å². The fourth-order valence-electron chi connectivity index (χ4n) is 2.20. The van der Waals surface area contributed by atoms with E-state index in [0.29, 0.717) is 6.54 Å². The molecule has 3 amide bonds. The van der Waals surface area contributed by atoms with Gasteiger partial charge in [0.25, 0.3) is 5.91 Å². The molecule has 8 heteroatoms. The second-order valence-electron chi connectivity index (χ2n) is 4.68. The van der Waals surface area contributed by atoms with Crippen LogP contribution in [0.4, 0.5) is 4.79 Å². The number of carbonyl (C=O) groups is 2.